The number of hydrogen-bond acceptors (Lipinski definition) is 4. The molecule has 1 aromatic carbocycles. The van der Waals surface area contributed by atoms with Crippen LogP contribution in [0.2, 0.25) is 0 Å². The Balaban J connectivity index is 1.04. The van der Waals surface area contributed by atoms with Gasteiger partial charge in [0, 0.05) is 43.9 Å². The van der Waals surface area contributed by atoms with Crippen molar-refractivity contribution < 1.29 is 23.1 Å². The van der Waals surface area contributed by atoms with Gasteiger partial charge in [-0.2, -0.15) is 0 Å². The quantitative estimate of drug-likeness (QED) is 0.749. The molecule has 5 rings (SSSR count). The van der Waals surface area contributed by atoms with E-state index in [1.807, 2.05) is 23.1 Å². The van der Waals surface area contributed by atoms with Crippen molar-refractivity contribution in [1.29, 1.82) is 0 Å². The molecule has 1 unspecified atom stereocenters. The number of piperidine rings is 2. The summed E-state index contributed by atoms with van der Waals surface area (Å²) in [6, 6.07) is 7.99. The number of halogens is 2. The average Bonchev–Trinajstić information content (AvgIpc) is 2.82. The van der Waals surface area contributed by atoms with Crippen molar-refractivity contribution >= 4 is 11.8 Å². The van der Waals surface area contributed by atoms with Gasteiger partial charge in [-0.25, -0.2) is 8.78 Å². The van der Waals surface area contributed by atoms with E-state index in [9.17, 15) is 18.4 Å². The maximum absolute atomic E-state index is 13.0. The van der Waals surface area contributed by atoms with E-state index >= 15 is 0 Å². The fraction of sp³-hybridized carbons (Fsp3) is 0.680. The number of carbonyl (C=O) groups is 2. The van der Waals surface area contributed by atoms with E-state index in [1.165, 1.54) is 5.56 Å². The summed E-state index contributed by atoms with van der Waals surface area (Å²) < 4.78 is 32.0. The number of likely N-dealkylation sites (tertiary alicyclic amines) is 2. The molecular weight excluding hydrogens is 428 g/mol. The molecule has 1 atom stereocenters. The Morgan fingerprint density at radius 2 is 1.67 bits per heavy atom. The van der Waals surface area contributed by atoms with Crippen LogP contribution in [0.1, 0.15) is 50.5 Å². The maximum Gasteiger partial charge on any atom is 0.263 e. The number of aryl methyl sites for hydroxylation is 1. The van der Waals surface area contributed by atoms with Crippen LogP contribution in [0.15, 0.2) is 24.3 Å². The monoisotopic (exact) mass is 461 g/mol. The van der Waals surface area contributed by atoms with Gasteiger partial charge in [0.1, 0.15) is 5.75 Å². The fourth-order valence-electron chi connectivity index (χ4n) is 5.76. The summed E-state index contributed by atoms with van der Waals surface area (Å²) >= 11 is 0. The third kappa shape index (κ3) is 5.00. The first-order chi connectivity index (χ1) is 15.9. The van der Waals surface area contributed by atoms with Gasteiger partial charge in [-0.3, -0.25) is 9.59 Å². The Hall–Kier alpha value is -2.22. The molecule has 4 aliphatic rings. The zero-order valence-corrected chi connectivity index (χ0v) is 19.0. The molecule has 3 aliphatic heterocycles. The van der Waals surface area contributed by atoms with E-state index in [-0.39, 0.29) is 42.7 Å². The van der Waals surface area contributed by atoms with Gasteiger partial charge < -0.3 is 19.9 Å². The lowest BCUT2D eigenvalue weighted by Gasteiger charge is -2.42. The summed E-state index contributed by atoms with van der Waals surface area (Å²) in [5.41, 5.74) is 1.17. The van der Waals surface area contributed by atoms with Crippen molar-refractivity contribution in [3.63, 3.8) is 0 Å². The zero-order valence-electron chi connectivity index (χ0n) is 19.0. The second kappa shape index (κ2) is 9.20. The van der Waals surface area contributed by atoms with Crippen LogP contribution < -0.4 is 10.1 Å². The topological polar surface area (TPSA) is 61.9 Å². The number of benzene rings is 1. The normalized spacial score (nSPS) is 26.7. The summed E-state index contributed by atoms with van der Waals surface area (Å²) in [5.74, 6) is -1.83. The van der Waals surface area contributed by atoms with Gasteiger partial charge in [-0.15, -0.1) is 0 Å². The summed E-state index contributed by atoms with van der Waals surface area (Å²) in [4.78, 5) is 29.8. The largest absolute Gasteiger partial charge is 0.480 e. The van der Waals surface area contributed by atoms with Crippen molar-refractivity contribution in [2.45, 2.75) is 75.5 Å². The van der Waals surface area contributed by atoms with Gasteiger partial charge in [0.15, 0.2) is 6.10 Å². The van der Waals surface area contributed by atoms with Crippen LogP contribution in [0.4, 0.5) is 8.78 Å². The highest BCUT2D eigenvalue weighted by molar-refractivity contribution is 5.82. The predicted molar refractivity (Wildman–Crippen MR) is 119 cm³/mol. The van der Waals surface area contributed by atoms with Crippen molar-refractivity contribution in [2.24, 2.45) is 5.92 Å². The van der Waals surface area contributed by atoms with Gasteiger partial charge in [0.2, 0.25) is 5.91 Å². The van der Waals surface area contributed by atoms with Gasteiger partial charge in [0.25, 0.3) is 11.8 Å². The Labute approximate surface area is 193 Å². The van der Waals surface area contributed by atoms with E-state index in [4.69, 9.17) is 4.74 Å². The number of alkyl halides is 2. The number of para-hydroxylation sites is 1. The van der Waals surface area contributed by atoms with Crippen molar-refractivity contribution in [1.82, 2.24) is 15.1 Å². The SMILES string of the molecule is O=C(NC1CC(F)(F)C1)C1CCN(C2CCN(C(=O)C3CCc4ccccc4O3)CC2)CC1. The molecule has 0 radical (unpaired) electrons. The predicted octanol–water partition coefficient (Wildman–Crippen LogP) is 3.00. The molecule has 0 bridgehead atoms. The molecule has 3 fully saturated rings. The number of ether oxygens (including phenoxy) is 1. The molecule has 1 aliphatic carbocycles. The minimum absolute atomic E-state index is 0.0652. The summed E-state index contributed by atoms with van der Waals surface area (Å²) in [6.07, 6.45) is 4.15. The molecule has 2 amide bonds. The van der Waals surface area contributed by atoms with E-state index in [0.717, 1.165) is 70.5 Å². The molecule has 1 aromatic rings. The van der Waals surface area contributed by atoms with E-state index in [0.29, 0.717) is 6.04 Å². The fourth-order valence-corrected chi connectivity index (χ4v) is 5.76. The maximum atomic E-state index is 13.0. The van der Waals surface area contributed by atoms with Crippen LogP contribution in [-0.4, -0.2) is 71.9 Å². The molecule has 0 spiro atoms. The first-order valence-electron chi connectivity index (χ1n) is 12.3. The Morgan fingerprint density at radius 3 is 2.36 bits per heavy atom. The Kier molecular flexibility index (Phi) is 6.29. The number of fused-ring (bicyclic) bond motifs is 1. The molecule has 1 saturated carbocycles. The number of nitrogens with one attached hydrogen (secondary N) is 1. The standard InChI is InChI=1S/C25H33F2N3O3/c26-25(27)15-19(16-25)28-23(31)18-7-11-29(12-8-18)20-9-13-30(14-10-20)24(32)22-6-5-17-3-1-2-4-21(17)33-22/h1-4,18-20,22H,5-16H2,(H,28,31). The third-order valence-electron chi connectivity index (χ3n) is 7.82. The van der Waals surface area contributed by atoms with Crippen LogP contribution in [0, 0.1) is 5.92 Å². The van der Waals surface area contributed by atoms with Crippen LogP contribution in [0.25, 0.3) is 0 Å². The Morgan fingerprint density at radius 1 is 0.970 bits per heavy atom. The van der Waals surface area contributed by atoms with E-state index < -0.39 is 5.92 Å². The highest BCUT2D eigenvalue weighted by Crippen LogP contribution is 2.37. The van der Waals surface area contributed by atoms with Crippen LogP contribution in [0.3, 0.4) is 0 Å². The summed E-state index contributed by atoms with van der Waals surface area (Å²) in [7, 11) is 0. The van der Waals surface area contributed by atoms with Crippen LogP contribution >= 0.6 is 0 Å². The summed E-state index contributed by atoms with van der Waals surface area (Å²) in [5, 5.41) is 2.80. The van der Waals surface area contributed by atoms with Gasteiger partial charge in [0.05, 0.1) is 0 Å². The molecule has 8 heteroatoms. The van der Waals surface area contributed by atoms with Crippen molar-refractivity contribution in [3.05, 3.63) is 29.8 Å². The lowest BCUT2D eigenvalue weighted by atomic mass is 9.86. The van der Waals surface area contributed by atoms with Crippen molar-refractivity contribution in [3.8, 4) is 5.75 Å². The van der Waals surface area contributed by atoms with Gasteiger partial charge >= 0.3 is 0 Å². The van der Waals surface area contributed by atoms with Gasteiger partial charge in [-0.05, 0) is 63.2 Å². The molecule has 0 aromatic heterocycles. The summed E-state index contributed by atoms with van der Waals surface area (Å²) in [6.45, 7) is 3.17. The minimum atomic E-state index is -2.61. The first-order valence-corrected chi connectivity index (χ1v) is 12.3. The molecule has 6 nitrogen and oxygen atoms in total. The van der Waals surface area contributed by atoms with Crippen LogP contribution in [0.5, 0.6) is 5.75 Å². The first kappa shape index (κ1) is 22.6. The number of nitrogens with zero attached hydrogens (tertiary/aromatic N) is 2. The highest BCUT2D eigenvalue weighted by atomic mass is 19.3. The number of rotatable bonds is 4. The average molecular weight is 462 g/mol. The van der Waals surface area contributed by atoms with E-state index in [1.54, 1.807) is 0 Å². The number of hydrogen-bond donors (Lipinski definition) is 1. The molecule has 2 saturated heterocycles. The highest BCUT2D eigenvalue weighted by Gasteiger charge is 2.46. The van der Waals surface area contributed by atoms with E-state index in [2.05, 4.69) is 16.3 Å². The van der Waals surface area contributed by atoms with Gasteiger partial charge in [-0.1, -0.05) is 18.2 Å². The second-order valence-electron chi connectivity index (χ2n) is 10.1. The molecule has 180 valence electrons. The third-order valence-corrected chi connectivity index (χ3v) is 7.82. The Bertz CT molecular complexity index is 871. The van der Waals surface area contributed by atoms with Crippen molar-refractivity contribution in [2.75, 3.05) is 26.2 Å². The molecule has 3 heterocycles. The number of carbonyl (C=O) groups excluding carboxylic acids is 2. The lowest BCUT2D eigenvalue weighted by Crippen LogP contribution is -2.54. The van der Waals surface area contributed by atoms with Crippen LogP contribution in [-0.2, 0) is 16.0 Å². The molecular formula is C25H33F2N3O3. The minimum Gasteiger partial charge on any atom is -0.480 e. The molecule has 1 N–H and O–H groups in total. The molecule has 33 heavy (non-hydrogen) atoms. The smallest absolute Gasteiger partial charge is 0.263 e. The zero-order chi connectivity index (χ0) is 23.0. The number of amides is 2. The lowest BCUT2D eigenvalue weighted by molar-refractivity contribution is -0.141. The second-order valence-corrected chi connectivity index (χ2v) is 10.1.